The molecule has 2 rings (SSSR count). The number of sulfonamides is 1. The minimum Gasteiger partial charge on any atom is -0.393 e. The molecular weight excluding hydrogens is 280 g/mol. The highest BCUT2D eigenvalue weighted by atomic mass is 32.2. The van der Waals surface area contributed by atoms with Crippen molar-refractivity contribution in [3.05, 3.63) is 35.9 Å². The van der Waals surface area contributed by atoms with Crippen LogP contribution in [0.3, 0.4) is 0 Å². The van der Waals surface area contributed by atoms with Crippen molar-refractivity contribution in [3.8, 4) is 0 Å². The van der Waals surface area contributed by atoms with Crippen molar-refractivity contribution in [2.45, 2.75) is 31.1 Å². The maximum absolute atomic E-state index is 12.4. The molecule has 0 unspecified atom stereocenters. The summed E-state index contributed by atoms with van der Waals surface area (Å²) < 4.78 is 26.4. The molecule has 6 heteroatoms. The van der Waals surface area contributed by atoms with Crippen LogP contribution in [-0.4, -0.2) is 30.3 Å². The van der Waals surface area contributed by atoms with Crippen LogP contribution in [0.1, 0.15) is 24.8 Å². The molecule has 1 fully saturated rings. The Labute approximate surface area is 119 Å². The van der Waals surface area contributed by atoms with Crippen molar-refractivity contribution < 1.29 is 8.42 Å². The number of benzene rings is 1. The molecule has 0 saturated heterocycles. The number of thiocarbonyl (C=S) groups is 1. The van der Waals surface area contributed by atoms with E-state index in [9.17, 15) is 8.42 Å². The molecule has 0 spiro atoms. The van der Waals surface area contributed by atoms with Crippen LogP contribution in [0.15, 0.2) is 30.3 Å². The molecule has 1 aliphatic carbocycles. The molecule has 19 heavy (non-hydrogen) atoms. The van der Waals surface area contributed by atoms with E-state index in [-0.39, 0.29) is 11.8 Å². The van der Waals surface area contributed by atoms with Gasteiger partial charge in [-0.05, 0) is 18.4 Å². The smallest absolute Gasteiger partial charge is 0.218 e. The Balaban J connectivity index is 2.08. The Morgan fingerprint density at radius 2 is 1.95 bits per heavy atom. The molecule has 4 nitrogen and oxygen atoms in total. The first kappa shape index (κ1) is 14.4. The number of nitrogens with zero attached hydrogens (tertiary/aromatic N) is 1. The van der Waals surface area contributed by atoms with Gasteiger partial charge in [-0.2, -0.15) is 4.31 Å². The van der Waals surface area contributed by atoms with Gasteiger partial charge in [0.2, 0.25) is 10.0 Å². The molecule has 0 amide bonds. The predicted molar refractivity (Wildman–Crippen MR) is 80.2 cm³/mol. The molecule has 1 aromatic rings. The van der Waals surface area contributed by atoms with Gasteiger partial charge in [-0.25, -0.2) is 8.42 Å². The van der Waals surface area contributed by atoms with Crippen LogP contribution in [0.4, 0.5) is 0 Å². The average molecular weight is 298 g/mol. The zero-order valence-electron chi connectivity index (χ0n) is 10.7. The lowest BCUT2D eigenvalue weighted by atomic mass is 10.2. The summed E-state index contributed by atoms with van der Waals surface area (Å²) in [5, 5.41) is 0. The lowest BCUT2D eigenvalue weighted by Crippen LogP contribution is -2.36. The molecule has 104 valence electrons. The van der Waals surface area contributed by atoms with Crippen molar-refractivity contribution in [1.82, 2.24) is 4.31 Å². The van der Waals surface area contributed by atoms with E-state index in [1.807, 2.05) is 30.3 Å². The van der Waals surface area contributed by atoms with E-state index in [2.05, 4.69) is 0 Å². The summed E-state index contributed by atoms with van der Waals surface area (Å²) in [6.45, 7) is 0.398. The van der Waals surface area contributed by atoms with Gasteiger partial charge in [0, 0.05) is 19.0 Å². The molecule has 0 radical (unpaired) electrons. The summed E-state index contributed by atoms with van der Waals surface area (Å²) in [6, 6.07) is 9.37. The van der Waals surface area contributed by atoms with Gasteiger partial charge in [-0.1, -0.05) is 42.5 Å². The highest BCUT2D eigenvalue weighted by molar-refractivity contribution is 7.88. The summed E-state index contributed by atoms with van der Waals surface area (Å²) in [5.41, 5.74) is 6.28. The fourth-order valence-electron chi connectivity index (χ4n) is 2.00. The second-order valence-electron chi connectivity index (χ2n) is 4.80. The van der Waals surface area contributed by atoms with Gasteiger partial charge in [-0.15, -0.1) is 0 Å². The largest absolute Gasteiger partial charge is 0.393 e. The van der Waals surface area contributed by atoms with Gasteiger partial charge in [-0.3, -0.25) is 0 Å². The second-order valence-corrected chi connectivity index (χ2v) is 7.25. The van der Waals surface area contributed by atoms with Gasteiger partial charge < -0.3 is 5.73 Å². The highest BCUT2D eigenvalue weighted by Crippen LogP contribution is 2.30. The molecule has 1 aliphatic rings. The molecule has 0 bridgehead atoms. The van der Waals surface area contributed by atoms with Gasteiger partial charge in [0.05, 0.1) is 10.7 Å². The van der Waals surface area contributed by atoms with Crippen LogP contribution in [-0.2, 0) is 15.8 Å². The van der Waals surface area contributed by atoms with Crippen molar-refractivity contribution in [3.63, 3.8) is 0 Å². The first-order chi connectivity index (χ1) is 8.99. The number of nitrogens with two attached hydrogens (primary N) is 1. The first-order valence-corrected chi connectivity index (χ1v) is 8.32. The maximum Gasteiger partial charge on any atom is 0.218 e. The standard InChI is InChI=1S/C13H18N2O2S2/c14-13(18)8-9-15(12-6-7-12)19(16,17)10-11-4-2-1-3-5-11/h1-5,12H,6-10H2,(H2,14,18). The molecule has 0 aliphatic heterocycles. The molecular formula is C13H18N2O2S2. The van der Waals surface area contributed by atoms with Crippen molar-refractivity contribution in [2.24, 2.45) is 5.73 Å². The van der Waals surface area contributed by atoms with Gasteiger partial charge in [0.25, 0.3) is 0 Å². The normalized spacial score (nSPS) is 15.6. The van der Waals surface area contributed by atoms with Crippen LogP contribution in [0.5, 0.6) is 0 Å². The quantitative estimate of drug-likeness (QED) is 0.778. The third-order valence-electron chi connectivity index (χ3n) is 3.08. The third kappa shape index (κ3) is 4.26. The monoisotopic (exact) mass is 298 g/mol. The van der Waals surface area contributed by atoms with E-state index in [4.69, 9.17) is 18.0 Å². The maximum atomic E-state index is 12.4. The predicted octanol–water partition coefficient (Wildman–Crippen LogP) is 1.66. The minimum atomic E-state index is -3.29. The first-order valence-electron chi connectivity index (χ1n) is 6.31. The lowest BCUT2D eigenvalue weighted by molar-refractivity contribution is 0.412. The summed E-state index contributed by atoms with van der Waals surface area (Å²) in [7, 11) is -3.29. The Kier molecular flexibility index (Phi) is 4.54. The lowest BCUT2D eigenvalue weighted by Gasteiger charge is -2.21. The zero-order chi connectivity index (χ0) is 13.9. The second kappa shape index (κ2) is 5.98. The fourth-order valence-corrected chi connectivity index (χ4v) is 3.90. The van der Waals surface area contributed by atoms with Crippen LogP contribution < -0.4 is 5.73 Å². The average Bonchev–Trinajstić information content (AvgIpc) is 3.13. The van der Waals surface area contributed by atoms with Crippen LogP contribution in [0.2, 0.25) is 0 Å². The van der Waals surface area contributed by atoms with Crippen molar-refractivity contribution in [1.29, 1.82) is 0 Å². The molecule has 0 atom stereocenters. The van der Waals surface area contributed by atoms with E-state index in [1.54, 1.807) is 4.31 Å². The van der Waals surface area contributed by atoms with Gasteiger partial charge in [0.1, 0.15) is 0 Å². The van der Waals surface area contributed by atoms with Gasteiger partial charge in [0.15, 0.2) is 0 Å². The Morgan fingerprint density at radius 3 is 2.47 bits per heavy atom. The summed E-state index contributed by atoms with van der Waals surface area (Å²) >= 11 is 4.83. The van der Waals surface area contributed by atoms with Crippen LogP contribution >= 0.6 is 12.2 Å². The Morgan fingerprint density at radius 1 is 1.32 bits per heavy atom. The topological polar surface area (TPSA) is 63.4 Å². The van der Waals surface area contributed by atoms with E-state index < -0.39 is 10.0 Å². The van der Waals surface area contributed by atoms with Gasteiger partial charge >= 0.3 is 0 Å². The minimum absolute atomic E-state index is 0.0433. The Hall–Kier alpha value is -0.980. The summed E-state index contributed by atoms with van der Waals surface area (Å²) in [4.78, 5) is 0.362. The zero-order valence-corrected chi connectivity index (χ0v) is 12.3. The molecule has 2 N–H and O–H groups in total. The number of hydrogen-bond donors (Lipinski definition) is 1. The van der Waals surface area contributed by atoms with Crippen LogP contribution in [0, 0.1) is 0 Å². The van der Waals surface area contributed by atoms with Crippen molar-refractivity contribution in [2.75, 3.05) is 6.54 Å². The Bertz CT molecular complexity index is 539. The van der Waals surface area contributed by atoms with E-state index in [1.165, 1.54) is 0 Å². The summed E-state index contributed by atoms with van der Waals surface area (Å²) in [6.07, 6.45) is 2.32. The fraction of sp³-hybridized carbons (Fsp3) is 0.462. The number of rotatable bonds is 7. The van der Waals surface area contributed by atoms with E-state index >= 15 is 0 Å². The molecule has 0 heterocycles. The molecule has 0 aromatic heterocycles. The summed E-state index contributed by atoms with van der Waals surface area (Å²) in [5.74, 6) is 0.0433. The molecule has 1 saturated carbocycles. The van der Waals surface area contributed by atoms with Crippen molar-refractivity contribution >= 4 is 27.2 Å². The third-order valence-corrected chi connectivity index (χ3v) is 5.18. The van der Waals surface area contributed by atoms with E-state index in [0.29, 0.717) is 18.0 Å². The van der Waals surface area contributed by atoms with Crippen LogP contribution in [0.25, 0.3) is 0 Å². The highest BCUT2D eigenvalue weighted by Gasteiger charge is 2.36. The number of hydrogen-bond acceptors (Lipinski definition) is 3. The SMILES string of the molecule is NC(=S)CCN(C1CC1)S(=O)(=O)Cc1ccccc1. The molecule has 1 aromatic carbocycles. The van der Waals surface area contributed by atoms with E-state index in [0.717, 1.165) is 18.4 Å².